The van der Waals surface area contributed by atoms with Gasteiger partial charge in [0, 0.05) is 5.92 Å². The van der Waals surface area contributed by atoms with Crippen molar-refractivity contribution in [3.8, 4) is 0 Å². The Morgan fingerprint density at radius 2 is 1.09 bits per heavy atom. The Morgan fingerprint density at radius 1 is 0.574 bits per heavy atom. The van der Waals surface area contributed by atoms with E-state index in [-0.39, 0.29) is 0 Å². The average molecular weight is 687 g/mol. The van der Waals surface area contributed by atoms with E-state index in [1.54, 1.807) is 6.08 Å². The van der Waals surface area contributed by atoms with Crippen molar-refractivity contribution in [2.45, 2.75) is 116 Å². The molecule has 5 heterocycles. The van der Waals surface area contributed by atoms with Gasteiger partial charge in [0.25, 0.3) is 0 Å². The summed E-state index contributed by atoms with van der Waals surface area (Å²) in [6.45, 7) is -2.52. The lowest BCUT2D eigenvalue weighted by atomic mass is 9.85. The number of aliphatic hydroxyl groups is 12. The SMILES string of the molecule is OC[C@@H]1O[C@H](OC[C@@H]2O[C@H](O[C@@H]3OC=C[C@H]4[C@H](O[C@H]5O[C@@H](CO)[C@H](O)[C@H](O)[C@H]5O)[C@H]5O[C@@]5(CO)[C@@H]34)[C@H](O)[C@@H](O)[C@@H]2O)[C@H](O)[C@@H](O)[C@H]1O. The average Bonchev–Trinajstić information content (AvgIpc) is 3.75. The molecule has 5 fully saturated rings. The van der Waals surface area contributed by atoms with Gasteiger partial charge in [-0.05, 0) is 6.08 Å². The number of hydrogen-bond acceptors (Lipinski definition) is 20. The number of rotatable bonds is 10. The van der Waals surface area contributed by atoms with Crippen molar-refractivity contribution in [2.24, 2.45) is 11.8 Å². The quantitative estimate of drug-likeness (QED) is 0.0949. The Balaban J connectivity index is 1.14. The molecule has 6 rings (SSSR count). The van der Waals surface area contributed by atoms with Crippen LogP contribution in [0.4, 0.5) is 0 Å². The number of hydrogen-bond donors (Lipinski definition) is 12. The zero-order valence-corrected chi connectivity index (χ0v) is 24.7. The van der Waals surface area contributed by atoms with Gasteiger partial charge in [0.2, 0.25) is 6.29 Å². The molecular formula is C27H42O20. The zero-order valence-electron chi connectivity index (χ0n) is 24.7. The van der Waals surface area contributed by atoms with Crippen LogP contribution in [0, 0.1) is 11.8 Å². The smallest absolute Gasteiger partial charge is 0.208 e. The van der Waals surface area contributed by atoms with E-state index in [0.29, 0.717) is 0 Å². The van der Waals surface area contributed by atoms with Gasteiger partial charge in [-0.2, -0.15) is 0 Å². The van der Waals surface area contributed by atoms with E-state index in [4.69, 9.17) is 37.9 Å². The number of epoxide rings is 1. The van der Waals surface area contributed by atoms with Crippen LogP contribution in [0.25, 0.3) is 0 Å². The normalized spacial score (nSPS) is 55.7. The Morgan fingerprint density at radius 3 is 1.66 bits per heavy atom. The predicted molar refractivity (Wildman–Crippen MR) is 142 cm³/mol. The van der Waals surface area contributed by atoms with Gasteiger partial charge < -0.3 is 99.2 Å². The van der Waals surface area contributed by atoms with E-state index in [9.17, 15) is 61.3 Å². The van der Waals surface area contributed by atoms with Crippen LogP contribution in [0.1, 0.15) is 0 Å². The highest BCUT2D eigenvalue weighted by molar-refractivity contribution is 5.25. The molecule has 20 nitrogen and oxygen atoms in total. The Bertz CT molecular complexity index is 1100. The van der Waals surface area contributed by atoms with Crippen LogP contribution < -0.4 is 0 Å². The van der Waals surface area contributed by atoms with Gasteiger partial charge in [-0.25, -0.2) is 0 Å². The molecule has 0 aromatic carbocycles. The van der Waals surface area contributed by atoms with Gasteiger partial charge in [0.1, 0.15) is 85.0 Å². The van der Waals surface area contributed by atoms with Gasteiger partial charge in [-0.15, -0.1) is 0 Å². The first-order valence-electron chi connectivity index (χ1n) is 15.2. The lowest BCUT2D eigenvalue weighted by molar-refractivity contribution is -0.357. The molecule has 4 saturated heterocycles. The van der Waals surface area contributed by atoms with E-state index < -0.39 is 154 Å². The summed E-state index contributed by atoms with van der Waals surface area (Å²) in [6, 6.07) is 0. The van der Waals surface area contributed by atoms with Gasteiger partial charge >= 0.3 is 0 Å². The topological polar surface area (TPSA) is 320 Å². The van der Waals surface area contributed by atoms with Gasteiger partial charge in [0.05, 0.1) is 44.7 Å². The van der Waals surface area contributed by atoms with Crippen molar-refractivity contribution in [2.75, 3.05) is 26.4 Å². The first kappa shape index (κ1) is 35.6. The Hall–Kier alpha value is -1.22. The second-order valence-corrected chi connectivity index (χ2v) is 12.6. The minimum atomic E-state index is -1.84. The monoisotopic (exact) mass is 686 g/mol. The molecule has 1 saturated carbocycles. The molecule has 6 aliphatic rings. The van der Waals surface area contributed by atoms with Crippen LogP contribution in [0.2, 0.25) is 0 Å². The maximum Gasteiger partial charge on any atom is 0.208 e. The number of fused-ring (bicyclic) bond motifs is 3. The van der Waals surface area contributed by atoms with Crippen molar-refractivity contribution in [3.63, 3.8) is 0 Å². The molecule has 1 aliphatic carbocycles. The van der Waals surface area contributed by atoms with Crippen molar-refractivity contribution in [3.05, 3.63) is 12.3 Å². The minimum absolute atomic E-state index is 0.546. The summed E-state index contributed by atoms with van der Waals surface area (Å²) in [5.41, 5.74) is -1.30. The Kier molecular flexibility index (Phi) is 10.5. The highest BCUT2D eigenvalue weighted by Crippen LogP contribution is 2.61. The van der Waals surface area contributed by atoms with Crippen LogP contribution in [0.5, 0.6) is 0 Å². The Labute approximate surface area is 266 Å². The van der Waals surface area contributed by atoms with Gasteiger partial charge in [-0.1, -0.05) is 0 Å². The molecule has 21 atom stereocenters. The maximum atomic E-state index is 10.7. The summed E-state index contributed by atoms with van der Waals surface area (Å²) in [6.07, 6.45) is -24.4. The third-order valence-electron chi connectivity index (χ3n) is 9.83. The van der Waals surface area contributed by atoms with E-state index in [1.807, 2.05) is 0 Å². The van der Waals surface area contributed by atoms with E-state index in [1.165, 1.54) is 6.26 Å². The van der Waals surface area contributed by atoms with Crippen LogP contribution in [0.3, 0.4) is 0 Å². The highest BCUT2D eigenvalue weighted by atomic mass is 16.8. The second kappa shape index (κ2) is 13.8. The molecule has 0 bridgehead atoms. The predicted octanol–water partition coefficient (Wildman–Crippen LogP) is -7.94. The fourth-order valence-corrected chi connectivity index (χ4v) is 7.03. The molecule has 0 radical (unpaired) electrons. The molecular weight excluding hydrogens is 644 g/mol. The van der Waals surface area contributed by atoms with Crippen LogP contribution in [-0.2, 0) is 37.9 Å². The summed E-state index contributed by atoms with van der Waals surface area (Å²) in [5, 5.41) is 122. The molecule has 20 heteroatoms. The molecule has 0 spiro atoms. The number of aliphatic hydroxyl groups excluding tert-OH is 12. The summed E-state index contributed by atoms with van der Waals surface area (Å²) in [4.78, 5) is 0. The first-order chi connectivity index (χ1) is 22.4. The van der Waals surface area contributed by atoms with Crippen LogP contribution in [-0.4, -0.2) is 204 Å². The standard InChI is InChI=1S/C27H42O20/c28-3-8-12(31)15(34)18(37)24(42-8)41-5-10-14(33)17(36)20(39)26(44-10)46-23-11-7(1-2-40-23)21(22-27(11,6-30)47-22)45-25-19(38)16(35)13(32)9(4-29)43-25/h1-2,7-26,28-39H,3-6H2/t7-,8+,9+,10+,11-,12+,13+,14-,15+,16+,17+,18-,19-,20-,21+,22-,23+,24+,25-,26-,27+/m1/s1. The molecule has 0 amide bonds. The van der Waals surface area contributed by atoms with Crippen molar-refractivity contribution in [1.82, 2.24) is 0 Å². The molecule has 0 aromatic heterocycles. The molecule has 270 valence electrons. The third-order valence-corrected chi connectivity index (χ3v) is 9.83. The highest BCUT2D eigenvalue weighted by Gasteiger charge is 2.77. The first-order valence-corrected chi connectivity index (χ1v) is 15.2. The minimum Gasteiger partial charge on any atom is -0.472 e. The van der Waals surface area contributed by atoms with Crippen LogP contribution >= 0.6 is 0 Å². The van der Waals surface area contributed by atoms with Crippen molar-refractivity contribution >= 4 is 0 Å². The summed E-state index contributed by atoms with van der Waals surface area (Å²) >= 11 is 0. The lowest BCUT2D eigenvalue weighted by Gasteiger charge is -2.45. The summed E-state index contributed by atoms with van der Waals surface area (Å²) in [5.74, 6) is -1.49. The molecule has 12 N–H and O–H groups in total. The fourth-order valence-electron chi connectivity index (χ4n) is 7.03. The van der Waals surface area contributed by atoms with Gasteiger partial charge in [0.15, 0.2) is 18.9 Å². The molecule has 0 unspecified atom stereocenters. The van der Waals surface area contributed by atoms with Crippen LogP contribution in [0.15, 0.2) is 12.3 Å². The van der Waals surface area contributed by atoms with E-state index in [2.05, 4.69) is 0 Å². The number of ether oxygens (including phenoxy) is 8. The summed E-state index contributed by atoms with van der Waals surface area (Å²) in [7, 11) is 0. The third kappa shape index (κ3) is 6.11. The lowest BCUT2D eigenvalue weighted by Crippen LogP contribution is -2.62. The fraction of sp³-hybridized carbons (Fsp3) is 0.926. The van der Waals surface area contributed by atoms with E-state index >= 15 is 0 Å². The maximum absolute atomic E-state index is 10.7. The molecule has 47 heavy (non-hydrogen) atoms. The van der Waals surface area contributed by atoms with Gasteiger partial charge in [-0.3, -0.25) is 0 Å². The van der Waals surface area contributed by atoms with Crippen molar-refractivity contribution in [1.29, 1.82) is 0 Å². The zero-order chi connectivity index (χ0) is 33.9. The molecule has 0 aromatic rings. The molecule has 5 aliphatic heterocycles. The summed E-state index contributed by atoms with van der Waals surface area (Å²) < 4.78 is 45.4. The largest absolute Gasteiger partial charge is 0.472 e. The second-order valence-electron chi connectivity index (χ2n) is 12.6. The van der Waals surface area contributed by atoms with E-state index in [0.717, 1.165) is 0 Å². The van der Waals surface area contributed by atoms with Crippen molar-refractivity contribution < 1.29 is 99.2 Å².